The van der Waals surface area contributed by atoms with Crippen LogP contribution in [0, 0.1) is 17.3 Å². The Morgan fingerprint density at radius 1 is 0.747 bits per heavy atom. The van der Waals surface area contributed by atoms with Crippen LogP contribution < -0.4 is 14.2 Å². The maximum atomic E-state index is 15.4. The molecule has 25 heteroatoms. The molecule has 3 aromatic rings. The van der Waals surface area contributed by atoms with Crippen molar-refractivity contribution in [2.45, 2.75) is 128 Å². The quantitative estimate of drug-likeness (QED) is 0.250. The number of aliphatic hydroxyl groups is 1. The number of fused-ring (bicyclic) bond motifs is 11. The molecule has 12 atom stereocenters. The van der Waals surface area contributed by atoms with Gasteiger partial charge in [-0.1, -0.05) is 6.08 Å². The number of carbonyl (C=O) groups is 9. The second-order valence-electron chi connectivity index (χ2n) is 20.4. The molecule has 4 aliphatic heterocycles. The van der Waals surface area contributed by atoms with Crippen LogP contribution in [0.4, 0.5) is 0 Å². The number of rotatable bonds is 8. The van der Waals surface area contributed by atoms with Crippen LogP contribution in [0.25, 0.3) is 6.08 Å². The normalized spacial score (nSPS) is 31.1. The second kappa shape index (κ2) is 21.2. The molecule has 6 heterocycles. The Bertz CT molecular complexity index is 3020. The minimum absolute atomic E-state index is 0.00566. The second-order valence-corrected chi connectivity index (χ2v) is 20.4. The van der Waals surface area contributed by atoms with Gasteiger partial charge in [0, 0.05) is 51.8 Å². The molecule has 1 N–H and O–H groups in total. The fourth-order valence-electron chi connectivity index (χ4n) is 11.4. The average Bonchev–Trinajstić information content (AvgIpc) is 1.90. The summed E-state index contributed by atoms with van der Waals surface area (Å²) in [6, 6.07) is 6.60. The van der Waals surface area contributed by atoms with Crippen molar-refractivity contribution < 1.29 is 110 Å². The van der Waals surface area contributed by atoms with Crippen molar-refractivity contribution in [3.8, 4) is 17.2 Å². The zero-order valence-electron chi connectivity index (χ0n) is 44.8. The van der Waals surface area contributed by atoms with E-state index in [4.69, 9.17) is 61.6 Å². The Morgan fingerprint density at radius 2 is 1.38 bits per heavy atom. The van der Waals surface area contributed by atoms with Gasteiger partial charge in [-0.05, 0) is 71.0 Å². The summed E-state index contributed by atoms with van der Waals surface area (Å²) >= 11 is 0. The van der Waals surface area contributed by atoms with Crippen molar-refractivity contribution in [1.82, 2.24) is 9.97 Å². The van der Waals surface area contributed by atoms with Gasteiger partial charge < -0.3 is 66.7 Å². The Hall–Kier alpha value is -8.19. The third-order valence-electron chi connectivity index (χ3n) is 14.7. The first kappa shape index (κ1) is 57.0. The molecule has 9 rings (SSSR count). The largest absolute Gasteiger partial charge is 0.493 e. The molecule has 1 saturated heterocycles. The SMILES string of the molecule is COc1cc2cc(OC)c1OCc1ccncc1C(=O)OCC13C(OC(=O)C(C)(C)OC(C)=O)C(OC2=O)C2C(OC(C)=O)C14OC2(C)COC(=O)c1cccnc1C=CC(C)C(=O)OC(C(OC(C)=O)C3OC(C)=O)C4(C)O. The standard InChI is InChI=1S/C54H58N2O23/c1-25-14-15-34-32(13-12-17-56-34)47(63)70-23-51(8)37-39-43(77-49(65)50(6,7)78-29(5)60)53(24-71-48(64)33-21-55-18-16-30(33)22-69-38-35(67-10)19-31(46(62)75-39)20-36(38)68-11)44(74-28(4)59)40(72-26(2)57)42(76-45(25)61)52(9,66)54(53,79-51)41(37)73-27(3)58/h12-21,25,37,39-44,66H,22-24H2,1-11H3. The number of carbonyl (C=O) groups excluding carboxylic acids is 9. The van der Waals surface area contributed by atoms with Gasteiger partial charge in [0.2, 0.25) is 11.4 Å². The van der Waals surface area contributed by atoms with Crippen molar-refractivity contribution in [3.63, 3.8) is 0 Å². The number of nitrogens with zero attached hydrogens (tertiary/aromatic N) is 2. The number of esters is 9. The maximum absolute atomic E-state index is 15.4. The van der Waals surface area contributed by atoms with Crippen molar-refractivity contribution >= 4 is 59.8 Å². The van der Waals surface area contributed by atoms with E-state index in [1.807, 2.05) is 0 Å². The lowest BCUT2D eigenvalue weighted by Gasteiger charge is -2.67. The van der Waals surface area contributed by atoms with E-state index in [0.29, 0.717) is 0 Å². The van der Waals surface area contributed by atoms with Gasteiger partial charge >= 0.3 is 53.7 Å². The molecule has 12 unspecified atom stereocenters. The third kappa shape index (κ3) is 9.82. The van der Waals surface area contributed by atoms with Gasteiger partial charge in [-0.3, -0.25) is 33.9 Å². The van der Waals surface area contributed by atoms with Crippen molar-refractivity contribution in [1.29, 1.82) is 0 Å². The minimum atomic E-state index is -3.09. The highest BCUT2D eigenvalue weighted by atomic mass is 16.7. The summed E-state index contributed by atoms with van der Waals surface area (Å²) in [6.07, 6.45) is -7.41. The molecule has 25 nitrogen and oxygen atoms in total. The number of hydrogen-bond donors (Lipinski definition) is 1. The predicted octanol–water partition coefficient (Wildman–Crippen LogP) is 3.16. The summed E-state index contributed by atoms with van der Waals surface area (Å²) in [4.78, 5) is 137. The number of aromatic nitrogens is 2. The molecule has 79 heavy (non-hydrogen) atoms. The van der Waals surface area contributed by atoms with Gasteiger partial charge in [0.1, 0.15) is 48.6 Å². The highest BCUT2D eigenvalue weighted by molar-refractivity contribution is 5.94. The van der Waals surface area contributed by atoms with Crippen molar-refractivity contribution in [3.05, 3.63) is 82.9 Å². The van der Waals surface area contributed by atoms with Gasteiger partial charge in [-0.25, -0.2) is 19.2 Å². The lowest BCUT2D eigenvalue weighted by atomic mass is 9.45. The molecule has 2 spiro atoms. The first-order chi connectivity index (χ1) is 37.2. The molecule has 0 amide bonds. The fourth-order valence-corrected chi connectivity index (χ4v) is 11.4. The summed E-state index contributed by atoms with van der Waals surface area (Å²) in [5, 5.41) is 14.1. The zero-order valence-corrected chi connectivity index (χ0v) is 44.8. The van der Waals surface area contributed by atoms with Gasteiger partial charge in [0.15, 0.2) is 41.5 Å². The van der Waals surface area contributed by atoms with Crippen LogP contribution in [0.1, 0.15) is 105 Å². The minimum Gasteiger partial charge on any atom is -0.493 e. The first-order valence-corrected chi connectivity index (χ1v) is 24.7. The smallest absolute Gasteiger partial charge is 0.350 e. The Balaban J connectivity index is 1.57. The average molecular weight is 1100 g/mol. The van der Waals surface area contributed by atoms with Gasteiger partial charge in [-0.15, -0.1) is 0 Å². The molecule has 2 saturated carbocycles. The Morgan fingerprint density at radius 3 is 2.01 bits per heavy atom. The van der Waals surface area contributed by atoms with E-state index in [-0.39, 0.29) is 45.2 Å². The highest BCUT2D eigenvalue weighted by Crippen LogP contribution is 2.70. The lowest BCUT2D eigenvalue weighted by Crippen LogP contribution is -2.89. The Kier molecular flexibility index (Phi) is 15.3. The number of methoxy groups -OCH3 is 2. The molecule has 0 radical (unpaired) electrons. The molecule has 8 bridgehead atoms. The highest BCUT2D eigenvalue weighted by Gasteiger charge is 2.92. The molecule has 2 aliphatic carbocycles. The molecule has 2 aromatic heterocycles. The number of benzene rings is 1. The van der Waals surface area contributed by atoms with E-state index in [1.165, 1.54) is 82.9 Å². The van der Waals surface area contributed by atoms with Crippen LogP contribution in [0.2, 0.25) is 0 Å². The maximum Gasteiger partial charge on any atom is 0.350 e. The van der Waals surface area contributed by atoms with Crippen LogP contribution in [0.15, 0.2) is 55.0 Å². The van der Waals surface area contributed by atoms with E-state index < -0.39 is 150 Å². The monoisotopic (exact) mass is 1100 g/mol. The van der Waals surface area contributed by atoms with Crippen LogP contribution in [0.3, 0.4) is 0 Å². The molecule has 3 fully saturated rings. The number of hydrogen-bond acceptors (Lipinski definition) is 25. The molecule has 6 aliphatic rings. The summed E-state index contributed by atoms with van der Waals surface area (Å²) in [6.45, 7) is 7.01. The molecular formula is C54H58N2O23. The summed E-state index contributed by atoms with van der Waals surface area (Å²) < 4.78 is 80.6. The Labute approximate surface area is 451 Å². The predicted molar refractivity (Wildman–Crippen MR) is 261 cm³/mol. The van der Waals surface area contributed by atoms with E-state index in [1.54, 1.807) is 0 Å². The van der Waals surface area contributed by atoms with Crippen LogP contribution in [-0.4, -0.2) is 155 Å². The summed E-state index contributed by atoms with van der Waals surface area (Å²) in [7, 11) is 2.51. The van der Waals surface area contributed by atoms with E-state index in [0.717, 1.165) is 54.7 Å². The number of ether oxygens (including phenoxy) is 13. The fraction of sp³-hybridized carbons (Fsp3) is 0.500. The first-order valence-electron chi connectivity index (χ1n) is 24.7. The van der Waals surface area contributed by atoms with Gasteiger partial charge in [0.05, 0.1) is 48.4 Å². The van der Waals surface area contributed by atoms with E-state index in [2.05, 4.69) is 9.97 Å². The zero-order chi connectivity index (χ0) is 57.7. The van der Waals surface area contributed by atoms with E-state index in [9.17, 15) is 33.9 Å². The number of cyclic esters (lactones) is 1. The molecule has 1 aromatic carbocycles. The van der Waals surface area contributed by atoms with E-state index >= 15 is 14.4 Å². The number of pyridine rings is 2. The summed E-state index contributed by atoms with van der Waals surface area (Å²) in [5.41, 5.74) is -14.5. The van der Waals surface area contributed by atoms with Crippen LogP contribution in [-0.2, 0) is 82.7 Å². The van der Waals surface area contributed by atoms with Gasteiger partial charge in [-0.2, -0.15) is 0 Å². The van der Waals surface area contributed by atoms with Crippen molar-refractivity contribution in [2.24, 2.45) is 17.3 Å². The van der Waals surface area contributed by atoms with Gasteiger partial charge in [0.25, 0.3) is 0 Å². The molecular weight excluding hydrogens is 1040 g/mol. The summed E-state index contributed by atoms with van der Waals surface area (Å²) in [5.74, 6) is -14.1. The third-order valence-corrected chi connectivity index (χ3v) is 14.7. The van der Waals surface area contributed by atoms with Crippen LogP contribution in [0.5, 0.6) is 17.2 Å². The lowest BCUT2D eigenvalue weighted by molar-refractivity contribution is -0.386. The van der Waals surface area contributed by atoms with Crippen molar-refractivity contribution in [2.75, 3.05) is 27.4 Å². The topological polar surface area (TPSA) is 320 Å². The molecule has 422 valence electrons. The van der Waals surface area contributed by atoms with Crippen LogP contribution >= 0.6 is 0 Å².